The van der Waals surface area contributed by atoms with Crippen LogP contribution in [0.1, 0.15) is 22.8 Å². The molecule has 0 atom stereocenters. The minimum Gasteiger partial charge on any atom is -0.289 e. The maximum atomic E-state index is 12.1. The van der Waals surface area contributed by atoms with Crippen LogP contribution in [0.15, 0.2) is 60.2 Å². The fourth-order valence-electron chi connectivity index (χ4n) is 1.73. The number of benzene rings is 2. The van der Waals surface area contributed by atoms with Crippen LogP contribution in [0.4, 0.5) is 0 Å². The van der Waals surface area contributed by atoms with Crippen LogP contribution in [-0.2, 0) is 0 Å². The van der Waals surface area contributed by atoms with Crippen LogP contribution in [0.25, 0.3) is 6.08 Å². The van der Waals surface area contributed by atoms with Crippen LogP contribution in [0.5, 0.6) is 0 Å². The number of Topliss-reactive ketones (excluding diaryl/α,β-unsaturated/α-hetero) is 1. The zero-order chi connectivity index (χ0) is 13.0. The summed E-state index contributed by atoms with van der Waals surface area (Å²) in [6.07, 6.45) is 1.85. The first-order chi connectivity index (χ1) is 8.66. The molecule has 0 fully saturated rings. The van der Waals surface area contributed by atoms with E-state index in [1.165, 1.54) is 0 Å². The quantitative estimate of drug-likeness (QED) is 0.578. The molecule has 1 nitrogen and oxygen atoms in total. The largest absolute Gasteiger partial charge is 0.289 e. The molecule has 0 bridgehead atoms. The van der Waals surface area contributed by atoms with Crippen molar-refractivity contribution in [2.75, 3.05) is 0 Å². The summed E-state index contributed by atoms with van der Waals surface area (Å²) in [4.78, 5) is 12.1. The van der Waals surface area contributed by atoms with E-state index in [2.05, 4.69) is 0 Å². The lowest BCUT2D eigenvalue weighted by atomic mass is 10.0. The summed E-state index contributed by atoms with van der Waals surface area (Å²) in [5.41, 5.74) is 2.33. The number of carbonyl (C=O) groups is 1. The second-order valence-electron chi connectivity index (χ2n) is 4.08. The molecule has 0 saturated heterocycles. The highest BCUT2D eigenvalue weighted by atomic mass is 35.5. The van der Waals surface area contributed by atoms with Gasteiger partial charge in [0.25, 0.3) is 0 Å². The molecule has 2 aromatic carbocycles. The number of carbonyl (C=O) groups excluding carboxylic acids is 1. The van der Waals surface area contributed by atoms with Crippen molar-refractivity contribution in [2.45, 2.75) is 6.92 Å². The maximum absolute atomic E-state index is 12.1. The van der Waals surface area contributed by atoms with Gasteiger partial charge in [-0.15, -0.1) is 0 Å². The molecule has 0 saturated carbocycles. The number of allylic oxidation sites excluding steroid dienone is 1. The average molecular weight is 257 g/mol. The SMILES string of the molecule is C/C(=C\c1cccc(Cl)c1)C(=O)c1ccccc1. The van der Waals surface area contributed by atoms with Crippen LogP contribution in [0.3, 0.4) is 0 Å². The maximum Gasteiger partial charge on any atom is 0.188 e. The lowest BCUT2D eigenvalue weighted by molar-refractivity contribution is 0.103. The topological polar surface area (TPSA) is 17.1 Å². The highest BCUT2D eigenvalue weighted by Gasteiger charge is 2.07. The van der Waals surface area contributed by atoms with Crippen molar-refractivity contribution < 1.29 is 4.79 Å². The van der Waals surface area contributed by atoms with Gasteiger partial charge in [0.15, 0.2) is 5.78 Å². The molecule has 0 aliphatic rings. The highest BCUT2D eigenvalue weighted by Crippen LogP contribution is 2.16. The summed E-state index contributed by atoms with van der Waals surface area (Å²) in [5, 5.41) is 0.670. The summed E-state index contributed by atoms with van der Waals surface area (Å²) in [6, 6.07) is 16.7. The number of hydrogen-bond donors (Lipinski definition) is 0. The molecule has 2 heteroatoms. The first-order valence-corrected chi connectivity index (χ1v) is 6.08. The van der Waals surface area contributed by atoms with E-state index in [0.717, 1.165) is 5.56 Å². The van der Waals surface area contributed by atoms with Crippen molar-refractivity contribution in [1.29, 1.82) is 0 Å². The molecule has 18 heavy (non-hydrogen) atoms. The molecular weight excluding hydrogens is 244 g/mol. The molecule has 2 rings (SSSR count). The molecular formula is C16H13ClO. The summed E-state index contributed by atoms with van der Waals surface area (Å²) < 4.78 is 0. The second-order valence-corrected chi connectivity index (χ2v) is 4.51. The smallest absolute Gasteiger partial charge is 0.188 e. The molecule has 0 aliphatic carbocycles. The van der Waals surface area contributed by atoms with Gasteiger partial charge in [0.2, 0.25) is 0 Å². The first kappa shape index (κ1) is 12.6. The van der Waals surface area contributed by atoms with Crippen molar-refractivity contribution >= 4 is 23.5 Å². The Labute approximate surface area is 112 Å². The standard InChI is InChI=1S/C16H13ClO/c1-12(10-13-6-5-9-15(17)11-13)16(18)14-7-3-2-4-8-14/h2-11H,1H3/b12-10+. The average Bonchev–Trinajstić information content (AvgIpc) is 2.39. The van der Waals surface area contributed by atoms with Crippen LogP contribution in [0, 0.1) is 0 Å². The third-order valence-corrected chi connectivity index (χ3v) is 2.86. The summed E-state index contributed by atoms with van der Waals surface area (Å²) in [5.74, 6) is 0.0376. The van der Waals surface area contributed by atoms with E-state index in [1.54, 1.807) is 0 Å². The van der Waals surface area contributed by atoms with Crippen LogP contribution >= 0.6 is 11.6 Å². The molecule has 0 aromatic heterocycles. The predicted molar refractivity (Wildman–Crippen MR) is 75.9 cm³/mol. The minimum absolute atomic E-state index is 0.0376. The second kappa shape index (κ2) is 5.65. The number of hydrogen-bond acceptors (Lipinski definition) is 1. The van der Waals surface area contributed by atoms with Gasteiger partial charge >= 0.3 is 0 Å². The summed E-state index contributed by atoms with van der Waals surface area (Å²) in [7, 11) is 0. The van der Waals surface area contributed by atoms with E-state index in [9.17, 15) is 4.79 Å². The normalized spacial score (nSPS) is 11.3. The molecule has 0 spiro atoms. The fraction of sp³-hybridized carbons (Fsp3) is 0.0625. The Morgan fingerprint density at radius 2 is 1.78 bits per heavy atom. The number of halogens is 1. The predicted octanol–water partition coefficient (Wildman–Crippen LogP) is 4.63. The molecule has 90 valence electrons. The van der Waals surface area contributed by atoms with E-state index in [0.29, 0.717) is 16.2 Å². The van der Waals surface area contributed by atoms with Crippen molar-refractivity contribution in [3.63, 3.8) is 0 Å². The van der Waals surface area contributed by atoms with Gasteiger partial charge in [-0.1, -0.05) is 54.1 Å². The molecule has 0 heterocycles. The molecule has 0 N–H and O–H groups in total. The van der Waals surface area contributed by atoms with E-state index < -0.39 is 0 Å². The van der Waals surface area contributed by atoms with Gasteiger partial charge in [-0.05, 0) is 36.3 Å². The van der Waals surface area contributed by atoms with Crippen LogP contribution < -0.4 is 0 Å². The Morgan fingerprint density at radius 1 is 1.06 bits per heavy atom. The van der Waals surface area contributed by atoms with Gasteiger partial charge < -0.3 is 0 Å². The summed E-state index contributed by atoms with van der Waals surface area (Å²) in [6.45, 7) is 1.82. The Kier molecular flexibility index (Phi) is 3.96. The Hall–Kier alpha value is -1.86. The number of ketones is 1. The minimum atomic E-state index is 0.0376. The van der Waals surface area contributed by atoms with Crippen molar-refractivity contribution in [2.24, 2.45) is 0 Å². The van der Waals surface area contributed by atoms with Crippen molar-refractivity contribution in [3.8, 4) is 0 Å². The van der Waals surface area contributed by atoms with Gasteiger partial charge in [-0.25, -0.2) is 0 Å². The van der Waals surface area contributed by atoms with Gasteiger partial charge in [0, 0.05) is 10.6 Å². The fourth-order valence-corrected chi connectivity index (χ4v) is 1.93. The lowest BCUT2D eigenvalue weighted by Gasteiger charge is -2.01. The third-order valence-electron chi connectivity index (χ3n) is 2.63. The van der Waals surface area contributed by atoms with Gasteiger partial charge in [-0.3, -0.25) is 4.79 Å². The molecule has 0 aliphatic heterocycles. The monoisotopic (exact) mass is 256 g/mol. The van der Waals surface area contributed by atoms with Gasteiger partial charge in [0.1, 0.15) is 0 Å². The van der Waals surface area contributed by atoms with Crippen molar-refractivity contribution in [3.05, 3.63) is 76.3 Å². The Morgan fingerprint density at radius 3 is 2.44 bits per heavy atom. The molecule has 2 aromatic rings. The lowest BCUT2D eigenvalue weighted by Crippen LogP contribution is -1.99. The van der Waals surface area contributed by atoms with E-state index in [4.69, 9.17) is 11.6 Å². The summed E-state index contributed by atoms with van der Waals surface area (Å²) >= 11 is 5.91. The molecule has 0 unspecified atom stereocenters. The van der Waals surface area contributed by atoms with Crippen LogP contribution in [-0.4, -0.2) is 5.78 Å². The van der Waals surface area contributed by atoms with Crippen molar-refractivity contribution in [1.82, 2.24) is 0 Å². The molecule has 0 amide bonds. The van der Waals surface area contributed by atoms with E-state index in [1.807, 2.05) is 67.6 Å². The Balaban J connectivity index is 2.26. The van der Waals surface area contributed by atoms with E-state index >= 15 is 0 Å². The third kappa shape index (κ3) is 3.08. The highest BCUT2D eigenvalue weighted by molar-refractivity contribution is 6.30. The zero-order valence-corrected chi connectivity index (χ0v) is 10.8. The van der Waals surface area contributed by atoms with Crippen LogP contribution in [0.2, 0.25) is 5.02 Å². The molecule has 0 radical (unpaired) electrons. The number of rotatable bonds is 3. The first-order valence-electron chi connectivity index (χ1n) is 5.70. The van der Waals surface area contributed by atoms with E-state index in [-0.39, 0.29) is 5.78 Å². The van der Waals surface area contributed by atoms with Gasteiger partial charge in [-0.2, -0.15) is 0 Å². The zero-order valence-electron chi connectivity index (χ0n) is 10.1. The van der Waals surface area contributed by atoms with Gasteiger partial charge in [0.05, 0.1) is 0 Å². The Bertz CT molecular complexity index is 585.